The number of aromatic nitrogens is 2. The van der Waals surface area contributed by atoms with Crippen LogP contribution >= 0.6 is 0 Å². The highest BCUT2D eigenvalue weighted by Gasteiger charge is 2.20. The van der Waals surface area contributed by atoms with Gasteiger partial charge in [-0.15, -0.1) is 0 Å². The van der Waals surface area contributed by atoms with Crippen LogP contribution in [-0.2, 0) is 7.05 Å². The molecule has 0 aromatic carbocycles. The Balaban J connectivity index is 1.93. The molecule has 0 spiro atoms. The second-order valence-corrected chi connectivity index (χ2v) is 4.72. The summed E-state index contributed by atoms with van der Waals surface area (Å²) in [5.41, 5.74) is 0.642. The van der Waals surface area contributed by atoms with Gasteiger partial charge in [-0.25, -0.2) is 4.98 Å². The molecule has 1 fully saturated rings. The number of piperidine rings is 1. The lowest BCUT2D eigenvalue weighted by Crippen LogP contribution is -2.44. The molecule has 94 valence electrons. The van der Waals surface area contributed by atoms with E-state index in [2.05, 4.69) is 10.3 Å². The van der Waals surface area contributed by atoms with E-state index in [9.17, 15) is 4.79 Å². The summed E-state index contributed by atoms with van der Waals surface area (Å²) < 4.78 is 1.76. The topological polar surface area (TPSA) is 50.2 Å². The summed E-state index contributed by atoms with van der Waals surface area (Å²) >= 11 is 0. The molecule has 0 aliphatic carbocycles. The molecule has 5 heteroatoms. The number of nitrogens with one attached hydrogen (secondary N) is 1. The fourth-order valence-corrected chi connectivity index (χ4v) is 2.25. The van der Waals surface area contributed by atoms with Crippen LogP contribution in [0.5, 0.6) is 0 Å². The highest BCUT2D eigenvalue weighted by atomic mass is 16.2. The molecule has 1 N–H and O–H groups in total. The first-order chi connectivity index (χ1) is 8.18. The molecule has 5 nitrogen and oxygen atoms in total. The quantitative estimate of drug-likeness (QED) is 0.837. The first-order valence-corrected chi connectivity index (χ1v) is 6.13. The van der Waals surface area contributed by atoms with Gasteiger partial charge in [0, 0.05) is 26.7 Å². The second-order valence-electron chi connectivity index (χ2n) is 4.72. The van der Waals surface area contributed by atoms with Gasteiger partial charge < -0.3 is 14.8 Å². The maximum Gasteiger partial charge on any atom is 0.271 e. The molecular weight excluding hydrogens is 216 g/mol. The molecule has 1 aromatic rings. The fraction of sp³-hybridized carbons (Fsp3) is 0.667. The molecule has 0 saturated carbocycles. The van der Waals surface area contributed by atoms with Gasteiger partial charge in [0.2, 0.25) is 0 Å². The Kier molecular flexibility index (Phi) is 3.78. The second kappa shape index (κ2) is 5.31. The van der Waals surface area contributed by atoms with Crippen LogP contribution in [0.25, 0.3) is 0 Å². The number of nitrogens with zero attached hydrogens (tertiary/aromatic N) is 3. The molecule has 2 rings (SSSR count). The Hall–Kier alpha value is -1.36. The number of amides is 1. The van der Waals surface area contributed by atoms with Crippen molar-refractivity contribution in [1.29, 1.82) is 0 Å². The minimum Gasteiger partial charge on any atom is -0.339 e. The van der Waals surface area contributed by atoms with E-state index in [0.29, 0.717) is 11.7 Å². The maximum absolute atomic E-state index is 12.1. The van der Waals surface area contributed by atoms with Crippen LogP contribution in [0.1, 0.15) is 29.8 Å². The zero-order valence-electron chi connectivity index (χ0n) is 10.5. The van der Waals surface area contributed by atoms with Gasteiger partial charge in [-0.3, -0.25) is 4.79 Å². The van der Waals surface area contributed by atoms with E-state index in [4.69, 9.17) is 0 Å². The van der Waals surface area contributed by atoms with E-state index in [1.165, 1.54) is 12.8 Å². The molecule has 0 radical (unpaired) electrons. The zero-order valence-corrected chi connectivity index (χ0v) is 10.5. The molecule has 2 heterocycles. The number of imidazole rings is 1. The summed E-state index contributed by atoms with van der Waals surface area (Å²) in [6, 6.07) is 0.436. The average Bonchev–Trinajstić information content (AvgIpc) is 2.76. The summed E-state index contributed by atoms with van der Waals surface area (Å²) in [4.78, 5) is 17.9. The predicted octanol–water partition coefficient (Wildman–Crippen LogP) is 0.634. The van der Waals surface area contributed by atoms with Crippen molar-refractivity contribution in [2.45, 2.75) is 25.3 Å². The van der Waals surface area contributed by atoms with Crippen molar-refractivity contribution in [3.63, 3.8) is 0 Å². The predicted molar refractivity (Wildman–Crippen MR) is 65.8 cm³/mol. The third-order valence-corrected chi connectivity index (χ3v) is 3.29. The molecule has 1 amide bonds. The molecule has 1 aliphatic heterocycles. The van der Waals surface area contributed by atoms with Gasteiger partial charge in [0.25, 0.3) is 5.91 Å². The number of carbonyl (C=O) groups is 1. The normalized spacial score (nSPS) is 20.2. The van der Waals surface area contributed by atoms with Gasteiger partial charge >= 0.3 is 0 Å². The van der Waals surface area contributed by atoms with Crippen molar-refractivity contribution in [2.24, 2.45) is 7.05 Å². The largest absolute Gasteiger partial charge is 0.339 e. The Morgan fingerprint density at radius 3 is 3.06 bits per heavy atom. The molecule has 1 saturated heterocycles. The fourth-order valence-electron chi connectivity index (χ4n) is 2.25. The van der Waals surface area contributed by atoms with Crippen LogP contribution in [0.2, 0.25) is 0 Å². The maximum atomic E-state index is 12.1. The summed E-state index contributed by atoms with van der Waals surface area (Å²) in [5, 5.41) is 3.45. The molecule has 1 aromatic heterocycles. The lowest BCUT2D eigenvalue weighted by atomic mass is 10.0. The third kappa shape index (κ3) is 2.85. The molecule has 1 aliphatic rings. The minimum atomic E-state index is 0.0392. The van der Waals surface area contributed by atoms with Crippen molar-refractivity contribution >= 4 is 5.91 Å². The summed E-state index contributed by atoms with van der Waals surface area (Å²) in [7, 11) is 3.69. The Morgan fingerprint density at radius 1 is 1.65 bits per heavy atom. The van der Waals surface area contributed by atoms with Gasteiger partial charge in [-0.05, 0) is 19.4 Å². The molecule has 17 heavy (non-hydrogen) atoms. The number of hydrogen-bond acceptors (Lipinski definition) is 3. The average molecular weight is 236 g/mol. The highest BCUT2D eigenvalue weighted by molar-refractivity contribution is 5.92. The van der Waals surface area contributed by atoms with Gasteiger partial charge in [-0.2, -0.15) is 0 Å². The number of aryl methyl sites for hydroxylation is 1. The standard InChI is InChI=1S/C12H20N4O/c1-15(8-10-5-3-4-6-14-10)12(17)11-7-13-9-16(11)2/h7,9-10,14H,3-6,8H2,1-2H3. The van der Waals surface area contributed by atoms with Crippen LogP contribution < -0.4 is 5.32 Å². The van der Waals surface area contributed by atoms with Gasteiger partial charge in [0.05, 0.1) is 12.5 Å². The smallest absolute Gasteiger partial charge is 0.271 e. The number of rotatable bonds is 3. The first kappa shape index (κ1) is 12.1. The van der Waals surface area contributed by atoms with Crippen LogP contribution in [0.3, 0.4) is 0 Å². The van der Waals surface area contributed by atoms with E-state index < -0.39 is 0 Å². The lowest BCUT2D eigenvalue weighted by Gasteiger charge is -2.28. The Labute approximate surface area is 102 Å². The van der Waals surface area contributed by atoms with E-state index in [1.54, 1.807) is 22.0 Å². The van der Waals surface area contributed by atoms with E-state index >= 15 is 0 Å². The van der Waals surface area contributed by atoms with Crippen molar-refractivity contribution in [1.82, 2.24) is 19.8 Å². The molecular formula is C12H20N4O. The summed E-state index contributed by atoms with van der Waals surface area (Å²) in [6.07, 6.45) is 6.93. The van der Waals surface area contributed by atoms with E-state index in [-0.39, 0.29) is 5.91 Å². The van der Waals surface area contributed by atoms with Gasteiger partial charge in [-0.1, -0.05) is 6.42 Å². The molecule has 1 unspecified atom stereocenters. The summed E-state index contributed by atoms with van der Waals surface area (Å²) in [5.74, 6) is 0.0392. The molecule has 0 bridgehead atoms. The van der Waals surface area contributed by atoms with Crippen LogP contribution in [-0.4, -0.2) is 46.5 Å². The van der Waals surface area contributed by atoms with E-state index in [0.717, 1.165) is 19.5 Å². The highest BCUT2D eigenvalue weighted by Crippen LogP contribution is 2.09. The Morgan fingerprint density at radius 2 is 2.47 bits per heavy atom. The zero-order chi connectivity index (χ0) is 12.3. The van der Waals surface area contributed by atoms with Crippen LogP contribution in [0.4, 0.5) is 0 Å². The number of carbonyl (C=O) groups excluding carboxylic acids is 1. The van der Waals surface area contributed by atoms with Crippen LogP contribution in [0, 0.1) is 0 Å². The number of likely N-dealkylation sites (N-methyl/N-ethyl adjacent to an activating group) is 1. The van der Waals surface area contributed by atoms with Crippen molar-refractivity contribution in [3.05, 3.63) is 18.2 Å². The van der Waals surface area contributed by atoms with Gasteiger partial charge in [0.1, 0.15) is 5.69 Å². The Bertz CT molecular complexity index is 382. The van der Waals surface area contributed by atoms with Crippen LogP contribution in [0.15, 0.2) is 12.5 Å². The van der Waals surface area contributed by atoms with Crippen molar-refractivity contribution in [3.8, 4) is 0 Å². The van der Waals surface area contributed by atoms with Gasteiger partial charge in [0.15, 0.2) is 0 Å². The summed E-state index contributed by atoms with van der Waals surface area (Å²) in [6.45, 7) is 1.84. The van der Waals surface area contributed by atoms with Crippen molar-refractivity contribution < 1.29 is 4.79 Å². The van der Waals surface area contributed by atoms with Crippen molar-refractivity contribution in [2.75, 3.05) is 20.1 Å². The molecule has 1 atom stereocenters. The monoisotopic (exact) mass is 236 g/mol. The third-order valence-electron chi connectivity index (χ3n) is 3.29. The van der Waals surface area contributed by atoms with E-state index in [1.807, 2.05) is 14.1 Å². The number of hydrogen-bond donors (Lipinski definition) is 1. The lowest BCUT2D eigenvalue weighted by molar-refractivity contribution is 0.0766. The SMILES string of the molecule is CN(CC1CCCCN1)C(=O)c1cncn1C. The first-order valence-electron chi connectivity index (χ1n) is 6.13. The minimum absolute atomic E-state index is 0.0392.